The Morgan fingerprint density at radius 3 is 2.73 bits per heavy atom. The van der Waals surface area contributed by atoms with Gasteiger partial charge in [0.15, 0.2) is 0 Å². The average Bonchev–Trinajstić information content (AvgIpc) is 3.00. The molecule has 0 bridgehead atoms. The van der Waals surface area contributed by atoms with Crippen molar-refractivity contribution in [2.75, 3.05) is 19.0 Å². The number of anilines is 1. The zero-order chi connectivity index (χ0) is 10.8. The Hall–Kier alpha value is -1.09. The molecule has 0 spiro atoms. The van der Waals surface area contributed by atoms with Gasteiger partial charge in [-0.15, -0.1) is 0 Å². The number of hydrogen-bond acceptors (Lipinski definition) is 2. The van der Waals surface area contributed by atoms with Crippen LogP contribution in [0.2, 0.25) is 0 Å². The number of nitrogens with zero attached hydrogens (tertiary/aromatic N) is 1. The highest BCUT2D eigenvalue weighted by Gasteiger charge is 2.20. The van der Waals surface area contributed by atoms with Crippen LogP contribution in [0.3, 0.4) is 0 Å². The van der Waals surface area contributed by atoms with Gasteiger partial charge >= 0.3 is 0 Å². The third kappa shape index (κ3) is 2.69. The van der Waals surface area contributed by atoms with Crippen molar-refractivity contribution in [3.05, 3.63) is 29.6 Å². The maximum Gasteiger partial charge on any atom is 0.146 e. The van der Waals surface area contributed by atoms with Gasteiger partial charge in [0.25, 0.3) is 0 Å². The molecular formula is C12H17FN2. The van der Waals surface area contributed by atoms with E-state index in [1.165, 1.54) is 12.8 Å². The molecular weight excluding hydrogens is 191 g/mol. The molecule has 1 fully saturated rings. The van der Waals surface area contributed by atoms with Crippen molar-refractivity contribution in [2.45, 2.75) is 25.4 Å². The molecule has 1 aliphatic rings. The molecule has 1 aromatic rings. The highest BCUT2D eigenvalue weighted by molar-refractivity contribution is 5.48. The lowest BCUT2D eigenvalue weighted by molar-refractivity contribution is 0.623. The first-order valence-corrected chi connectivity index (χ1v) is 5.36. The number of nitrogens with one attached hydrogen (secondary N) is 1. The summed E-state index contributed by atoms with van der Waals surface area (Å²) < 4.78 is 13.4. The molecule has 1 aliphatic carbocycles. The minimum atomic E-state index is -0.157. The monoisotopic (exact) mass is 208 g/mol. The second-order valence-corrected chi connectivity index (χ2v) is 4.34. The smallest absolute Gasteiger partial charge is 0.146 e. The van der Waals surface area contributed by atoms with Gasteiger partial charge in [0.05, 0.1) is 5.69 Å². The highest BCUT2D eigenvalue weighted by atomic mass is 19.1. The fourth-order valence-corrected chi connectivity index (χ4v) is 1.56. The van der Waals surface area contributed by atoms with Gasteiger partial charge in [-0.1, -0.05) is 6.07 Å². The van der Waals surface area contributed by atoms with Gasteiger partial charge in [0.2, 0.25) is 0 Å². The molecule has 2 nitrogen and oxygen atoms in total. The van der Waals surface area contributed by atoms with Crippen molar-refractivity contribution in [2.24, 2.45) is 0 Å². The van der Waals surface area contributed by atoms with Gasteiger partial charge in [-0.2, -0.15) is 0 Å². The summed E-state index contributed by atoms with van der Waals surface area (Å²) in [5, 5.41) is 3.42. The molecule has 15 heavy (non-hydrogen) atoms. The zero-order valence-electron chi connectivity index (χ0n) is 9.26. The van der Waals surface area contributed by atoms with Gasteiger partial charge in [-0.05, 0) is 30.5 Å². The molecule has 82 valence electrons. The number of hydrogen-bond donors (Lipinski definition) is 1. The fraction of sp³-hybridized carbons (Fsp3) is 0.500. The number of benzene rings is 1. The Labute approximate surface area is 90.1 Å². The van der Waals surface area contributed by atoms with E-state index in [1.807, 2.05) is 26.2 Å². The van der Waals surface area contributed by atoms with Crippen LogP contribution >= 0.6 is 0 Å². The topological polar surface area (TPSA) is 15.3 Å². The van der Waals surface area contributed by atoms with Crippen LogP contribution in [0, 0.1) is 5.82 Å². The van der Waals surface area contributed by atoms with Gasteiger partial charge < -0.3 is 10.2 Å². The summed E-state index contributed by atoms with van der Waals surface area (Å²) in [6.45, 7) is 0.839. The van der Waals surface area contributed by atoms with E-state index in [1.54, 1.807) is 11.0 Å². The summed E-state index contributed by atoms with van der Waals surface area (Å²) in [5.74, 6) is -0.157. The van der Waals surface area contributed by atoms with Crippen molar-refractivity contribution >= 4 is 5.69 Å². The maximum absolute atomic E-state index is 13.4. The minimum Gasteiger partial charge on any atom is -0.375 e. The molecule has 2 rings (SSSR count). The molecule has 1 saturated carbocycles. The quantitative estimate of drug-likeness (QED) is 0.815. The van der Waals surface area contributed by atoms with Crippen molar-refractivity contribution in [3.63, 3.8) is 0 Å². The molecule has 1 N–H and O–H groups in total. The van der Waals surface area contributed by atoms with E-state index in [4.69, 9.17) is 0 Å². The lowest BCUT2D eigenvalue weighted by atomic mass is 10.2. The third-order valence-corrected chi connectivity index (χ3v) is 2.66. The highest BCUT2D eigenvalue weighted by Crippen LogP contribution is 2.21. The third-order valence-electron chi connectivity index (χ3n) is 2.66. The van der Waals surface area contributed by atoms with E-state index in [0.29, 0.717) is 11.7 Å². The van der Waals surface area contributed by atoms with Crippen LogP contribution in [0.4, 0.5) is 10.1 Å². The predicted octanol–water partition coefficient (Wildman–Crippen LogP) is 2.14. The minimum absolute atomic E-state index is 0.157. The maximum atomic E-state index is 13.4. The molecule has 0 saturated heterocycles. The van der Waals surface area contributed by atoms with E-state index >= 15 is 0 Å². The lowest BCUT2D eigenvalue weighted by Crippen LogP contribution is -2.16. The molecule has 0 amide bonds. The van der Waals surface area contributed by atoms with Crippen LogP contribution in [0.1, 0.15) is 18.4 Å². The van der Waals surface area contributed by atoms with E-state index in [-0.39, 0.29) is 5.82 Å². The van der Waals surface area contributed by atoms with Gasteiger partial charge in [-0.3, -0.25) is 0 Å². The van der Waals surface area contributed by atoms with Gasteiger partial charge in [0.1, 0.15) is 5.82 Å². The van der Waals surface area contributed by atoms with Crippen LogP contribution in [0.15, 0.2) is 18.2 Å². The second kappa shape index (κ2) is 4.19. The normalized spacial score (nSPS) is 15.4. The van der Waals surface area contributed by atoms with E-state index in [2.05, 4.69) is 5.32 Å². The number of rotatable bonds is 4. The van der Waals surface area contributed by atoms with Gasteiger partial charge in [-0.25, -0.2) is 4.39 Å². The van der Waals surface area contributed by atoms with Crippen LogP contribution in [0.25, 0.3) is 0 Å². The number of halogens is 1. The standard InChI is InChI=1S/C12H17FN2/c1-15(2)12-7-9(3-6-11(12)13)8-14-10-4-5-10/h3,6-7,10,14H,4-5,8H2,1-2H3. The Morgan fingerprint density at radius 1 is 1.40 bits per heavy atom. The Morgan fingerprint density at radius 2 is 2.13 bits per heavy atom. The Balaban J connectivity index is 2.06. The first kappa shape index (κ1) is 10.4. The molecule has 3 heteroatoms. The molecule has 0 atom stereocenters. The molecule has 0 radical (unpaired) electrons. The molecule has 0 aromatic heterocycles. The van der Waals surface area contributed by atoms with Crippen LogP contribution in [0.5, 0.6) is 0 Å². The van der Waals surface area contributed by atoms with E-state index in [9.17, 15) is 4.39 Å². The van der Waals surface area contributed by atoms with Crippen molar-refractivity contribution in [1.29, 1.82) is 0 Å². The molecule has 1 aromatic carbocycles. The van der Waals surface area contributed by atoms with Crippen LogP contribution in [-0.4, -0.2) is 20.1 Å². The van der Waals surface area contributed by atoms with E-state index < -0.39 is 0 Å². The first-order chi connectivity index (χ1) is 7.16. The summed E-state index contributed by atoms with van der Waals surface area (Å²) in [5.41, 5.74) is 1.80. The lowest BCUT2D eigenvalue weighted by Gasteiger charge is -2.15. The summed E-state index contributed by atoms with van der Waals surface area (Å²) in [6.07, 6.45) is 2.56. The largest absolute Gasteiger partial charge is 0.375 e. The van der Waals surface area contributed by atoms with E-state index in [0.717, 1.165) is 12.1 Å². The molecule has 0 unspecified atom stereocenters. The molecule has 0 heterocycles. The first-order valence-electron chi connectivity index (χ1n) is 5.36. The SMILES string of the molecule is CN(C)c1cc(CNC2CC2)ccc1F. The van der Waals surface area contributed by atoms with Crippen molar-refractivity contribution < 1.29 is 4.39 Å². The summed E-state index contributed by atoms with van der Waals surface area (Å²) in [6, 6.07) is 5.99. The average molecular weight is 208 g/mol. The fourth-order valence-electron chi connectivity index (χ4n) is 1.56. The van der Waals surface area contributed by atoms with Crippen LogP contribution < -0.4 is 10.2 Å². The second-order valence-electron chi connectivity index (χ2n) is 4.34. The summed E-state index contributed by atoms with van der Waals surface area (Å²) >= 11 is 0. The van der Waals surface area contributed by atoms with Crippen molar-refractivity contribution in [1.82, 2.24) is 5.32 Å². The van der Waals surface area contributed by atoms with Crippen LogP contribution in [-0.2, 0) is 6.54 Å². The Kier molecular flexibility index (Phi) is 2.91. The summed E-state index contributed by atoms with van der Waals surface area (Å²) in [7, 11) is 3.72. The zero-order valence-corrected chi connectivity index (χ0v) is 9.26. The van der Waals surface area contributed by atoms with Crippen molar-refractivity contribution in [3.8, 4) is 0 Å². The predicted molar refractivity (Wildman–Crippen MR) is 60.6 cm³/mol. The Bertz CT molecular complexity index is 345. The summed E-state index contributed by atoms with van der Waals surface area (Å²) in [4.78, 5) is 1.80. The molecule has 0 aliphatic heterocycles. The van der Waals surface area contributed by atoms with Gasteiger partial charge in [0, 0.05) is 26.7 Å².